The van der Waals surface area contributed by atoms with Crippen LogP contribution in [0.25, 0.3) is 6.08 Å². The largest absolute Gasteiger partial charge is 0.476 e. The maximum Gasteiger partial charge on any atom is 0.364 e. The monoisotopic (exact) mass is 234 g/mol. The summed E-state index contributed by atoms with van der Waals surface area (Å²) in [5, 5.41) is 8.17. The number of carbonyl (C=O) groups is 1. The van der Waals surface area contributed by atoms with E-state index in [0.717, 1.165) is 6.08 Å². The average molecular weight is 235 g/mol. The zero-order valence-electron chi connectivity index (χ0n) is 5.75. The zero-order valence-corrected chi connectivity index (χ0v) is 7.34. The molecule has 0 bridgehead atoms. The van der Waals surface area contributed by atoms with Gasteiger partial charge in [0.1, 0.15) is 5.76 Å². The van der Waals surface area contributed by atoms with Gasteiger partial charge in [-0.05, 0) is 22.0 Å². The molecular weight excluding hydrogens is 231 g/mol. The standard InChI is InChI=1S/C7H4BrFO3/c8-4-1-2-12-6(4)3-5(9)7(10)11/h1-3H,(H,10,11)/b5-3-. The van der Waals surface area contributed by atoms with E-state index in [1.807, 2.05) is 0 Å². The Morgan fingerprint density at radius 3 is 2.83 bits per heavy atom. The normalized spacial score (nSPS) is 11.7. The smallest absolute Gasteiger partial charge is 0.364 e. The Bertz CT molecular complexity index is 329. The SMILES string of the molecule is O=C(O)/C(F)=C/c1occc1Br. The first-order valence-corrected chi connectivity index (χ1v) is 3.74. The van der Waals surface area contributed by atoms with Crippen LogP contribution in [-0.2, 0) is 4.79 Å². The van der Waals surface area contributed by atoms with Crippen LogP contribution >= 0.6 is 15.9 Å². The molecule has 5 heteroatoms. The third kappa shape index (κ3) is 1.94. The first kappa shape index (κ1) is 8.99. The van der Waals surface area contributed by atoms with Gasteiger partial charge in [0.2, 0.25) is 5.83 Å². The van der Waals surface area contributed by atoms with Crippen molar-refractivity contribution >= 4 is 28.0 Å². The molecule has 0 aliphatic carbocycles. The number of hydrogen-bond acceptors (Lipinski definition) is 2. The van der Waals surface area contributed by atoms with Gasteiger partial charge in [-0.15, -0.1) is 0 Å². The molecule has 0 saturated carbocycles. The summed E-state index contributed by atoms with van der Waals surface area (Å²) < 4.78 is 17.7. The predicted octanol–water partition coefficient (Wildman–Crippen LogP) is 2.44. The van der Waals surface area contributed by atoms with Crippen molar-refractivity contribution in [3.05, 3.63) is 28.4 Å². The third-order valence-corrected chi connectivity index (χ3v) is 1.76. The fourth-order valence-electron chi connectivity index (χ4n) is 0.585. The highest BCUT2D eigenvalue weighted by Crippen LogP contribution is 2.20. The fourth-order valence-corrected chi connectivity index (χ4v) is 0.901. The van der Waals surface area contributed by atoms with Crippen LogP contribution in [0.5, 0.6) is 0 Å². The summed E-state index contributed by atoms with van der Waals surface area (Å²) in [6, 6.07) is 1.54. The quantitative estimate of drug-likeness (QED) is 0.800. The first-order valence-electron chi connectivity index (χ1n) is 2.94. The topological polar surface area (TPSA) is 50.4 Å². The summed E-state index contributed by atoms with van der Waals surface area (Å²) in [5.41, 5.74) is 0. The fraction of sp³-hybridized carbons (Fsp3) is 0. The molecular formula is C7H4BrFO3. The van der Waals surface area contributed by atoms with Crippen molar-refractivity contribution in [2.24, 2.45) is 0 Å². The van der Waals surface area contributed by atoms with Gasteiger partial charge in [0, 0.05) is 6.08 Å². The van der Waals surface area contributed by atoms with Crippen LogP contribution in [0.2, 0.25) is 0 Å². The van der Waals surface area contributed by atoms with Gasteiger partial charge in [0.05, 0.1) is 10.7 Å². The molecule has 12 heavy (non-hydrogen) atoms. The Kier molecular flexibility index (Phi) is 2.65. The highest BCUT2D eigenvalue weighted by atomic mass is 79.9. The number of rotatable bonds is 2. The predicted molar refractivity (Wildman–Crippen MR) is 43.1 cm³/mol. The maximum absolute atomic E-state index is 12.4. The number of aliphatic carboxylic acids is 1. The van der Waals surface area contributed by atoms with Crippen LogP contribution in [0, 0.1) is 0 Å². The number of hydrogen-bond donors (Lipinski definition) is 1. The van der Waals surface area contributed by atoms with Crippen LogP contribution in [0.1, 0.15) is 5.76 Å². The van der Waals surface area contributed by atoms with Crippen molar-refractivity contribution in [2.75, 3.05) is 0 Å². The lowest BCUT2D eigenvalue weighted by molar-refractivity contribution is -0.134. The summed E-state index contributed by atoms with van der Waals surface area (Å²) >= 11 is 3.05. The second-order valence-electron chi connectivity index (χ2n) is 1.93. The Morgan fingerprint density at radius 2 is 2.42 bits per heavy atom. The van der Waals surface area contributed by atoms with E-state index < -0.39 is 11.8 Å². The summed E-state index contributed by atoms with van der Waals surface area (Å²) in [5.74, 6) is -2.72. The molecule has 0 spiro atoms. The minimum absolute atomic E-state index is 0.148. The number of carboxylic acids is 1. The minimum atomic E-state index is -1.61. The van der Waals surface area contributed by atoms with Crippen molar-refractivity contribution in [1.29, 1.82) is 0 Å². The summed E-state index contributed by atoms with van der Waals surface area (Å²) in [4.78, 5) is 10.0. The molecule has 0 aliphatic heterocycles. The lowest BCUT2D eigenvalue weighted by Gasteiger charge is -1.87. The highest BCUT2D eigenvalue weighted by molar-refractivity contribution is 9.10. The van der Waals surface area contributed by atoms with E-state index in [-0.39, 0.29) is 5.76 Å². The highest BCUT2D eigenvalue weighted by Gasteiger charge is 2.08. The maximum atomic E-state index is 12.4. The summed E-state index contributed by atoms with van der Waals surface area (Å²) in [7, 11) is 0. The van der Waals surface area contributed by atoms with E-state index in [2.05, 4.69) is 15.9 Å². The Labute approximate surface area is 75.6 Å². The molecule has 0 aromatic carbocycles. The third-order valence-electron chi connectivity index (χ3n) is 1.11. The van der Waals surface area contributed by atoms with Crippen molar-refractivity contribution in [3.8, 4) is 0 Å². The van der Waals surface area contributed by atoms with Gasteiger partial charge >= 0.3 is 5.97 Å². The Morgan fingerprint density at radius 1 is 1.75 bits per heavy atom. The molecule has 1 aromatic heterocycles. The Balaban J connectivity index is 2.95. The van der Waals surface area contributed by atoms with Crippen molar-refractivity contribution in [2.45, 2.75) is 0 Å². The molecule has 0 radical (unpaired) electrons. The molecule has 1 heterocycles. The average Bonchev–Trinajstić information content (AvgIpc) is 2.36. The molecule has 64 valence electrons. The van der Waals surface area contributed by atoms with Crippen LogP contribution < -0.4 is 0 Å². The molecule has 1 aromatic rings. The number of furan rings is 1. The van der Waals surface area contributed by atoms with E-state index in [1.54, 1.807) is 6.07 Å². The van der Waals surface area contributed by atoms with E-state index in [0.29, 0.717) is 4.47 Å². The molecule has 0 atom stereocenters. The summed E-state index contributed by atoms with van der Waals surface area (Å²) in [6.07, 6.45) is 2.12. The van der Waals surface area contributed by atoms with E-state index in [9.17, 15) is 9.18 Å². The molecule has 1 N–H and O–H groups in total. The molecule has 0 amide bonds. The van der Waals surface area contributed by atoms with Gasteiger partial charge in [-0.2, -0.15) is 4.39 Å². The van der Waals surface area contributed by atoms with E-state index in [1.165, 1.54) is 6.26 Å². The second kappa shape index (κ2) is 3.53. The lowest BCUT2D eigenvalue weighted by Crippen LogP contribution is -1.93. The second-order valence-corrected chi connectivity index (χ2v) is 2.78. The zero-order chi connectivity index (χ0) is 9.14. The summed E-state index contributed by atoms with van der Waals surface area (Å²) in [6.45, 7) is 0. The van der Waals surface area contributed by atoms with Gasteiger partial charge < -0.3 is 9.52 Å². The van der Waals surface area contributed by atoms with E-state index in [4.69, 9.17) is 9.52 Å². The molecule has 0 aliphatic rings. The van der Waals surface area contributed by atoms with Crippen LogP contribution in [0.4, 0.5) is 4.39 Å². The van der Waals surface area contributed by atoms with Gasteiger partial charge in [-0.3, -0.25) is 0 Å². The van der Waals surface area contributed by atoms with E-state index >= 15 is 0 Å². The minimum Gasteiger partial charge on any atom is -0.476 e. The van der Waals surface area contributed by atoms with Gasteiger partial charge in [0.15, 0.2) is 0 Å². The molecule has 1 rings (SSSR count). The van der Waals surface area contributed by atoms with Crippen molar-refractivity contribution < 1.29 is 18.7 Å². The van der Waals surface area contributed by atoms with Gasteiger partial charge in [-0.25, -0.2) is 4.79 Å². The Hall–Kier alpha value is -1.10. The molecule has 0 saturated heterocycles. The first-order chi connectivity index (χ1) is 5.61. The van der Waals surface area contributed by atoms with Crippen molar-refractivity contribution in [3.63, 3.8) is 0 Å². The van der Waals surface area contributed by atoms with Crippen LogP contribution in [0.3, 0.4) is 0 Å². The number of halogens is 2. The van der Waals surface area contributed by atoms with Crippen LogP contribution in [-0.4, -0.2) is 11.1 Å². The molecule has 0 unspecified atom stereocenters. The van der Waals surface area contributed by atoms with Gasteiger partial charge in [-0.1, -0.05) is 0 Å². The molecule has 3 nitrogen and oxygen atoms in total. The molecule has 0 fully saturated rings. The van der Waals surface area contributed by atoms with Crippen LogP contribution in [0.15, 0.2) is 27.0 Å². The number of carboxylic acid groups (broad SMARTS) is 1. The lowest BCUT2D eigenvalue weighted by atomic mass is 10.4. The van der Waals surface area contributed by atoms with Crippen molar-refractivity contribution in [1.82, 2.24) is 0 Å². The van der Waals surface area contributed by atoms with Gasteiger partial charge in [0.25, 0.3) is 0 Å².